The average molecular weight is 324 g/mol. The summed E-state index contributed by atoms with van der Waals surface area (Å²) in [7, 11) is 0. The van der Waals surface area contributed by atoms with Crippen LogP contribution in [0.2, 0.25) is 0 Å². The summed E-state index contributed by atoms with van der Waals surface area (Å²) < 4.78 is 18.4. The number of rotatable bonds is 3. The number of halogens is 1. The summed E-state index contributed by atoms with van der Waals surface area (Å²) in [4.78, 5) is 24.5. The van der Waals surface area contributed by atoms with Crippen LogP contribution in [0.25, 0.3) is 11.3 Å². The van der Waals surface area contributed by atoms with E-state index in [9.17, 15) is 14.0 Å². The van der Waals surface area contributed by atoms with E-state index in [0.29, 0.717) is 21.9 Å². The van der Waals surface area contributed by atoms with Crippen LogP contribution in [0, 0.1) is 5.82 Å². The topological polar surface area (TPSA) is 76.5 Å². The molecule has 0 spiro atoms. The summed E-state index contributed by atoms with van der Waals surface area (Å²) in [6.07, 6.45) is 0. The summed E-state index contributed by atoms with van der Waals surface area (Å²) >= 11 is 0. The molecular formula is C18H13FN2O3. The van der Waals surface area contributed by atoms with Crippen molar-refractivity contribution in [2.75, 3.05) is 0 Å². The summed E-state index contributed by atoms with van der Waals surface area (Å²) in [5.41, 5.74) is 0.895. The van der Waals surface area contributed by atoms with Crippen LogP contribution in [0.3, 0.4) is 0 Å². The zero-order valence-corrected chi connectivity index (χ0v) is 12.5. The van der Waals surface area contributed by atoms with E-state index in [-0.39, 0.29) is 11.6 Å². The fourth-order valence-corrected chi connectivity index (χ4v) is 2.15. The van der Waals surface area contributed by atoms with Crippen molar-refractivity contribution < 1.29 is 18.4 Å². The summed E-state index contributed by atoms with van der Waals surface area (Å²) in [5, 5.41) is 0.503. The quantitative estimate of drug-likeness (QED) is 0.347. The van der Waals surface area contributed by atoms with Gasteiger partial charge in [0.25, 0.3) is 5.91 Å². The van der Waals surface area contributed by atoms with Crippen molar-refractivity contribution in [3.05, 3.63) is 83.9 Å². The molecule has 24 heavy (non-hydrogen) atoms. The Balaban J connectivity index is 1.80. The first kappa shape index (κ1) is 15.6. The van der Waals surface area contributed by atoms with E-state index >= 15 is 0 Å². The van der Waals surface area contributed by atoms with E-state index in [1.165, 1.54) is 30.3 Å². The van der Waals surface area contributed by atoms with Gasteiger partial charge in [-0.2, -0.15) is 0 Å². The van der Waals surface area contributed by atoms with Gasteiger partial charge in [0.1, 0.15) is 11.6 Å². The molecule has 1 aromatic heterocycles. The molecule has 0 aliphatic heterocycles. The van der Waals surface area contributed by atoms with Gasteiger partial charge in [0, 0.05) is 11.1 Å². The molecule has 0 aliphatic carbocycles. The van der Waals surface area contributed by atoms with Crippen molar-refractivity contribution in [2.45, 2.75) is 0 Å². The van der Waals surface area contributed by atoms with Gasteiger partial charge in [-0.25, -0.2) is 15.2 Å². The van der Waals surface area contributed by atoms with Crippen LogP contribution in [0.15, 0.2) is 71.1 Å². The maximum atomic E-state index is 12.9. The number of carbonyl (C=O) groups is 2. The number of hydrazine groups is 1. The van der Waals surface area contributed by atoms with Crippen molar-refractivity contribution in [2.24, 2.45) is 5.84 Å². The molecule has 2 aromatic carbocycles. The van der Waals surface area contributed by atoms with E-state index in [2.05, 4.69) is 0 Å². The highest BCUT2D eigenvalue weighted by Gasteiger charge is 2.23. The number of hydrogen-bond acceptors (Lipinski definition) is 4. The Kier molecular flexibility index (Phi) is 4.22. The van der Waals surface area contributed by atoms with E-state index in [1.807, 2.05) is 0 Å². The Hall–Kier alpha value is -3.25. The van der Waals surface area contributed by atoms with Gasteiger partial charge in [-0.3, -0.25) is 9.59 Å². The molecule has 0 radical (unpaired) electrons. The normalized spacial score (nSPS) is 10.4. The van der Waals surface area contributed by atoms with Crippen molar-refractivity contribution in [1.82, 2.24) is 5.01 Å². The van der Waals surface area contributed by atoms with E-state index < -0.39 is 11.8 Å². The molecule has 5 nitrogen and oxygen atoms in total. The maximum Gasteiger partial charge on any atom is 0.310 e. The van der Waals surface area contributed by atoms with E-state index in [4.69, 9.17) is 10.3 Å². The van der Waals surface area contributed by atoms with Crippen LogP contribution in [-0.4, -0.2) is 16.8 Å². The molecule has 0 atom stereocenters. The molecule has 0 fully saturated rings. The second-order valence-electron chi connectivity index (χ2n) is 5.02. The molecule has 120 valence electrons. The van der Waals surface area contributed by atoms with Crippen LogP contribution in [0.1, 0.15) is 20.9 Å². The van der Waals surface area contributed by atoms with Crippen molar-refractivity contribution >= 4 is 11.8 Å². The fourth-order valence-electron chi connectivity index (χ4n) is 2.15. The molecule has 1 heterocycles. The number of carbonyl (C=O) groups excluding carboxylic acids is 2. The zero-order chi connectivity index (χ0) is 17.1. The smallest absolute Gasteiger partial charge is 0.310 e. The van der Waals surface area contributed by atoms with Gasteiger partial charge in [-0.1, -0.05) is 18.2 Å². The standard InChI is InChI=1S/C18H13FN2O3/c19-14-8-6-12(7-9-14)15-10-11-16(24-15)18(23)21(20)17(22)13-4-2-1-3-5-13/h1-11H,20H2. The lowest BCUT2D eigenvalue weighted by Crippen LogP contribution is -2.42. The predicted molar refractivity (Wildman–Crippen MR) is 85.2 cm³/mol. The highest BCUT2D eigenvalue weighted by molar-refractivity contribution is 6.08. The maximum absolute atomic E-state index is 12.9. The molecule has 0 bridgehead atoms. The SMILES string of the molecule is NN(C(=O)c1ccccc1)C(=O)c1ccc(-c2ccc(F)cc2)o1. The van der Waals surface area contributed by atoms with Crippen molar-refractivity contribution in [3.63, 3.8) is 0 Å². The van der Waals surface area contributed by atoms with Gasteiger partial charge in [0.15, 0.2) is 5.76 Å². The minimum atomic E-state index is -0.766. The fraction of sp³-hybridized carbons (Fsp3) is 0. The summed E-state index contributed by atoms with van der Waals surface area (Å²) in [6, 6.07) is 16.8. The Morgan fingerprint density at radius 1 is 0.875 bits per heavy atom. The van der Waals surface area contributed by atoms with Crippen molar-refractivity contribution in [1.29, 1.82) is 0 Å². The van der Waals surface area contributed by atoms with Gasteiger partial charge < -0.3 is 4.42 Å². The first-order chi connectivity index (χ1) is 11.6. The molecule has 0 unspecified atom stereocenters. The molecule has 2 amide bonds. The lowest BCUT2D eigenvalue weighted by molar-refractivity contribution is 0.0596. The Labute approximate surface area is 137 Å². The highest BCUT2D eigenvalue weighted by atomic mass is 19.1. The minimum Gasteiger partial charge on any atom is -0.451 e. The third-order valence-electron chi connectivity index (χ3n) is 3.40. The van der Waals surface area contributed by atoms with Gasteiger partial charge in [0.05, 0.1) is 0 Å². The van der Waals surface area contributed by atoms with Crippen LogP contribution in [-0.2, 0) is 0 Å². The first-order valence-corrected chi connectivity index (χ1v) is 7.10. The van der Waals surface area contributed by atoms with Gasteiger partial charge in [-0.05, 0) is 48.5 Å². The van der Waals surface area contributed by atoms with Crippen molar-refractivity contribution in [3.8, 4) is 11.3 Å². The lowest BCUT2D eigenvalue weighted by atomic mass is 10.2. The second kappa shape index (κ2) is 6.47. The van der Waals surface area contributed by atoms with Crippen LogP contribution in [0.4, 0.5) is 4.39 Å². The van der Waals surface area contributed by atoms with E-state index in [0.717, 1.165) is 0 Å². The summed E-state index contributed by atoms with van der Waals surface area (Å²) in [6.45, 7) is 0. The third kappa shape index (κ3) is 3.09. The average Bonchev–Trinajstić information content (AvgIpc) is 3.11. The molecule has 0 aliphatic rings. The van der Waals surface area contributed by atoms with Crippen LogP contribution >= 0.6 is 0 Å². The van der Waals surface area contributed by atoms with Gasteiger partial charge in [0.2, 0.25) is 0 Å². The third-order valence-corrected chi connectivity index (χ3v) is 3.40. The number of amides is 2. The van der Waals surface area contributed by atoms with Gasteiger partial charge >= 0.3 is 5.91 Å². The Morgan fingerprint density at radius 3 is 2.21 bits per heavy atom. The molecule has 3 rings (SSSR count). The molecule has 3 aromatic rings. The molecule has 6 heteroatoms. The van der Waals surface area contributed by atoms with Gasteiger partial charge in [-0.15, -0.1) is 0 Å². The molecule has 0 saturated heterocycles. The Morgan fingerprint density at radius 2 is 1.54 bits per heavy atom. The molecular weight excluding hydrogens is 311 g/mol. The number of benzene rings is 2. The largest absolute Gasteiger partial charge is 0.451 e. The van der Waals surface area contributed by atoms with Crippen LogP contribution in [0.5, 0.6) is 0 Å². The first-order valence-electron chi connectivity index (χ1n) is 7.10. The highest BCUT2D eigenvalue weighted by Crippen LogP contribution is 2.23. The lowest BCUT2D eigenvalue weighted by Gasteiger charge is -2.13. The number of hydrogen-bond donors (Lipinski definition) is 1. The number of nitrogens with two attached hydrogens (primary N) is 1. The number of nitrogens with zero attached hydrogens (tertiary/aromatic N) is 1. The van der Waals surface area contributed by atoms with E-state index in [1.54, 1.807) is 36.4 Å². The Bertz CT molecular complexity index is 873. The second-order valence-corrected chi connectivity index (χ2v) is 5.02. The number of furan rings is 1. The monoisotopic (exact) mass is 324 g/mol. The summed E-state index contributed by atoms with van der Waals surface area (Å²) in [5.74, 6) is 4.13. The predicted octanol–water partition coefficient (Wildman–Crippen LogP) is 3.24. The minimum absolute atomic E-state index is 0.0823. The number of imide groups is 1. The zero-order valence-electron chi connectivity index (χ0n) is 12.5. The van der Waals surface area contributed by atoms with Crippen LogP contribution < -0.4 is 5.84 Å². The molecule has 2 N–H and O–H groups in total. The molecule has 0 saturated carbocycles.